The summed E-state index contributed by atoms with van der Waals surface area (Å²) < 4.78 is 5.26. The summed E-state index contributed by atoms with van der Waals surface area (Å²) in [6, 6.07) is 11.6. The van der Waals surface area contributed by atoms with E-state index in [9.17, 15) is 9.59 Å². The highest BCUT2D eigenvalue weighted by molar-refractivity contribution is 6.42. The summed E-state index contributed by atoms with van der Waals surface area (Å²) in [7, 11) is 0. The zero-order valence-electron chi connectivity index (χ0n) is 14.7. The molecule has 0 saturated carbocycles. The zero-order valence-corrected chi connectivity index (χ0v) is 16.3. The van der Waals surface area contributed by atoms with E-state index in [-0.39, 0.29) is 36.4 Å². The van der Waals surface area contributed by atoms with E-state index in [1.807, 2.05) is 0 Å². The molecule has 0 saturated heterocycles. The maximum atomic E-state index is 12.0. The van der Waals surface area contributed by atoms with E-state index in [2.05, 4.69) is 21.8 Å². The van der Waals surface area contributed by atoms with Gasteiger partial charge in [0.25, 0.3) is 5.91 Å². The highest BCUT2D eigenvalue weighted by Gasteiger charge is 2.08. The van der Waals surface area contributed by atoms with Crippen LogP contribution in [-0.4, -0.2) is 31.2 Å². The highest BCUT2D eigenvalue weighted by atomic mass is 35.5. The van der Waals surface area contributed by atoms with Crippen LogP contribution < -0.4 is 15.5 Å². The minimum Gasteiger partial charge on any atom is -0.481 e. The monoisotopic (exact) mass is 417 g/mol. The standard InChI is InChI=1S/C20H17Cl2N3O3/c1-2-11-28-16-6-3-14(4-7-16)13-24-25-19(26)9-10-23-20(27)15-5-8-17(21)18(22)12-15/h1,3-8,12-13H,9-11H2,(H,23,27)(H,25,26). The third-order valence-electron chi connectivity index (χ3n) is 3.42. The molecule has 0 heterocycles. The maximum Gasteiger partial charge on any atom is 0.251 e. The molecule has 28 heavy (non-hydrogen) atoms. The lowest BCUT2D eigenvalue weighted by Crippen LogP contribution is -2.29. The van der Waals surface area contributed by atoms with E-state index in [4.69, 9.17) is 34.4 Å². The average molecular weight is 418 g/mol. The number of carbonyl (C=O) groups excluding carboxylic acids is 2. The number of nitrogens with one attached hydrogen (secondary N) is 2. The van der Waals surface area contributed by atoms with Crippen molar-refractivity contribution >= 4 is 41.2 Å². The van der Waals surface area contributed by atoms with Gasteiger partial charge in [-0.25, -0.2) is 5.43 Å². The van der Waals surface area contributed by atoms with Gasteiger partial charge < -0.3 is 10.1 Å². The van der Waals surface area contributed by atoms with Crippen molar-refractivity contribution in [2.75, 3.05) is 13.2 Å². The smallest absolute Gasteiger partial charge is 0.251 e. The van der Waals surface area contributed by atoms with Gasteiger partial charge in [0.2, 0.25) is 5.91 Å². The van der Waals surface area contributed by atoms with Gasteiger partial charge >= 0.3 is 0 Å². The predicted octanol–water partition coefficient (Wildman–Crippen LogP) is 3.28. The van der Waals surface area contributed by atoms with Crippen LogP contribution in [0.25, 0.3) is 0 Å². The van der Waals surface area contributed by atoms with Crippen molar-refractivity contribution in [2.45, 2.75) is 6.42 Å². The zero-order chi connectivity index (χ0) is 20.4. The molecule has 0 unspecified atom stereocenters. The lowest BCUT2D eigenvalue weighted by Gasteiger charge is -2.05. The number of rotatable bonds is 8. The van der Waals surface area contributed by atoms with Crippen LogP contribution in [0.1, 0.15) is 22.3 Å². The summed E-state index contributed by atoms with van der Waals surface area (Å²) in [6.45, 7) is 0.354. The Kier molecular flexibility index (Phi) is 8.35. The minimum atomic E-state index is -0.345. The number of nitrogens with zero attached hydrogens (tertiary/aromatic N) is 1. The largest absolute Gasteiger partial charge is 0.481 e. The number of hydrogen-bond donors (Lipinski definition) is 2. The van der Waals surface area contributed by atoms with Crippen LogP contribution in [0.5, 0.6) is 5.75 Å². The molecule has 144 valence electrons. The van der Waals surface area contributed by atoms with Crippen molar-refractivity contribution in [3.05, 3.63) is 63.6 Å². The minimum absolute atomic E-state index is 0.0727. The molecule has 0 aliphatic rings. The molecule has 0 aliphatic heterocycles. The second-order valence-corrected chi connectivity index (χ2v) is 6.30. The number of ether oxygens (including phenoxy) is 1. The van der Waals surface area contributed by atoms with Gasteiger partial charge in [-0.05, 0) is 48.0 Å². The fourth-order valence-electron chi connectivity index (χ4n) is 2.04. The number of benzene rings is 2. The third-order valence-corrected chi connectivity index (χ3v) is 4.16. The Hall–Kier alpha value is -3.01. The van der Waals surface area contributed by atoms with Crippen LogP contribution in [0, 0.1) is 12.3 Å². The van der Waals surface area contributed by atoms with Gasteiger partial charge in [0.05, 0.1) is 16.3 Å². The van der Waals surface area contributed by atoms with E-state index in [0.29, 0.717) is 16.3 Å². The molecular weight excluding hydrogens is 401 g/mol. The van der Waals surface area contributed by atoms with Crippen molar-refractivity contribution in [2.24, 2.45) is 5.10 Å². The molecule has 0 fully saturated rings. The predicted molar refractivity (Wildman–Crippen MR) is 110 cm³/mol. The Bertz CT molecular complexity index is 906. The first-order chi connectivity index (χ1) is 13.5. The third kappa shape index (κ3) is 6.95. The summed E-state index contributed by atoms with van der Waals surface area (Å²) in [6.07, 6.45) is 6.69. The lowest BCUT2D eigenvalue weighted by atomic mass is 10.2. The number of hydrazone groups is 1. The Morgan fingerprint density at radius 3 is 2.57 bits per heavy atom. The molecule has 2 amide bonds. The van der Waals surface area contributed by atoms with Gasteiger partial charge in [0.1, 0.15) is 12.4 Å². The molecule has 2 N–H and O–H groups in total. The normalized spacial score (nSPS) is 10.3. The fraction of sp³-hybridized carbons (Fsp3) is 0.150. The lowest BCUT2D eigenvalue weighted by molar-refractivity contribution is -0.120. The van der Waals surface area contributed by atoms with Crippen molar-refractivity contribution in [3.63, 3.8) is 0 Å². The fourth-order valence-corrected chi connectivity index (χ4v) is 2.34. The first-order valence-electron chi connectivity index (χ1n) is 8.21. The van der Waals surface area contributed by atoms with Crippen LogP contribution in [0.3, 0.4) is 0 Å². The molecule has 0 spiro atoms. The van der Waals surface area contributed by atoms with E-state index >= 15 is 0 Å². The summed E-state index contributed by atoms with van der Waals surface area (Å²) in [5.74, 6) is 2.35. The Labute approximate surface area is 172 Å². The van der Waals surface area contributed by atoms with Crippen molar-refractivity contribution in [1.29, 1.82) is 0 Å². The molecule has 2 aromatic carbocycles. The Balaban J connectivity index is 1.72. The molecule has 0 radical (unpaired) electrons. The molecule has 6 nitrogen and oxygen atoms in total. The Morgan fingerprint density at radius 2 is 1.89 bits per heavy atom. The molecular formula is C20H17Cl2N3O3. The SMILES string of the molecule is C#CCOc1ccc(C=NNC(=O)CCNC(=O)c2ccc(Cl)c(Cl)c2)cc1. The first-order valence-corrected chi connectivity index (χ1v) is 8.96. The van der Waals surface area contributed by atoms with E-state index < -0.39 is 0 Å². The van der Waals surface area contributed by atoms with Crippen LogP contribution in [0.15, 0.2) is 47.6 Å². The van der Waals surface area contributed by atoms with Gasteiger partial charge in [-0.15, -0.1) is 6.42 Å². The van der Waals surface area contributed by atoms with Crippen LogP contribution in [0.2, 0.25) is 10.0 Å². The second kappa shape index (κ2) is 11.0. The molecule has 0 atom stereocenters. The van der Waals surface area contributed by atoms with Gasteiger partial charge in [-0.2, -0.15) is 5.10 Å². The maximum absolute atomic E-state index is 12.0. The molecule has 0 bridgehead atoms. The summed E-state index contributed by atoms with van der Waals surface area (Å²) in [5, 5.41) is 7.15. The summed E-state index contributed by atoms with van der Waals surface area (Å²) in [5.41, 5.74) is 3.54. The number of carbonyl (C=O) groups is 2. The second-order valence-electron chi connectivity index (χ2n) is 5.49. The molecule has 8 heteroatoms. The van der Waals surface area contributed by atoms with E-state index in [0.717, 1.165) is 5.56 Å². The van der Waals surface area contributed by atoms with Crippen molar-refractivity contribution in [1.82, 2.24) is 10.7 Å². The topological polar surface area (TPSA) is 79.8 Å². The van der Waals surface area contributed by atoms with E-state index in [1.165, 1.54) is 18.3 Å². The van der Waals surface area contributed by atoms with Crippen molar-refractivity contribution < 1.29 is 14.3 Å². The number of hydrogen-bond acceptors (Lipinski definition) is 4. The average Bonchev–Trinajstić information content (AvgIpc) is 2.69. The first kappa shape index (κ1) is 21.3. The van der Waals surface area contributed by atoms with Gasteiger partial charge in [-0.1, -0.05) is 29.1 Å². The quantitative estimate of drug-likeness (QED) is 0.392. The van der Waals surface area contributed by atoms with Gasteiger partial charge in [-0.3, -0.25) is 9.59 Å². The number of terminal acetylenes is 1. The summed E-state index contributed by atoms with van der Waals surface area (Å²) in [4.78, 5) is 23.8. The highest BCUT2D eigenvalue weighted by Crippen LogP contribution is 2.22. The molecule has 0 aromatic heterocycles. The molecule has 0 aliphatic carbocycles. The molecule has 2 aromatic rings. The summed E-state index contributed by atoms with van der Waals surface area (Å²) >= 11 is 11.7. The van der Waals surface area contributed by atoms with Crippen LogP contribution in [0.4, 0.5) is 0 Å². The number of amides is 2. The van der Waals surface area contributed by atoms with Crippen molar-refractivity contribution in [3.8, 4) is 18.1 Å². The Morgan fingerprint density at radius 1 is 1.14 bits per heavy atom. The number of halogens is 2. The van der Waals surface area contributed by atoms with Crippen LogP contribution >= 0.6 is 23.2 Å². The van der Waals surface area contributed by atoms with Gasteiger partial charge in [0, 0.05) is 18.5 Å². The van der Waals surface area contributed by atoms with E-state index in [1.54, 1.807) is 30.3 Å². The molecule has 2 rings (SSSR count). The van der Waals surface area contributed by atoms with Gasteiger partial charge in [0.15, 0.2) is 0 Å². The van der Waals surface area contributed by atoms with Crippen LogP contribution in [-0.2, 0) is 4.79 Å².